The molecule has 20 heavy (non-hydrogen) atoms. The van der Waals surface area contributed by atoms with Gasteiger partial charge in [-0.15, -0.1) is 0 Å². The normalized spacial score (nSPS) is 20.8. The van der Waals surface area contributed by atoms with Gasteiger partial charge in [0, 0.05) is 13.7 Å². The summed E-state index contributed by atoms with van der Waals surface area (Å²) in [6.07, 6.45) is 1.97. The van der Waals surface area contributed by atoms with Gasteiger partial charge in [0.2, 0.25) is 11.7 Å². The smallest absolute Gasteiger partial charge is 0.231 e. The van der Waals surface area contributed by atoms with Gasteiger partial charge in [-0.1, -0.05) is 35.5 Å². The van der Waals surface area contributed by atoms with Gasteiger partial charge < -0.3 is 14.6 Å². The van der Waals surface area contributed by atoms with Crippen LogP contribution >= 0.6 is 0 Å². The largest absolute Gasteiger partial charge is 0.369 e. The molecule has 1 aliphatic heterocycles. The van der Waals surface area contributed by atoms with Crippen molar-refractivity contribution in [2.45, 2.75) is 24.9 Å². The van der Waals surface area contributed by atoms with Crippen LogP contribution in [0.2, 0.25) is 0 Å². The molecule has 106 valence electrons. The van der Waals surface area contributed by atoms with Crippen LogP contribution in [0.5, 0.6) is 0 Å². The molecule has 5 nitrogen and oxygen atoms in total. The minimum absolute atomic E-state index is 0.273. The molecule has 0 amide bonds. The number of hydrogen-bond donors (Lipinski definition) is 1. The van der Waals surface area contributed by atoms with Gasteiger partial charge in [-0.3, -0.25) is 0 Å². The van der Waals surface area contributed by atoms with Crippen molar-refractivity contribution >= 4 is 0 Å². The van der Waals surface area contributed by atoms with Crippen molar-refractivity contribution in [3.63, 3.8) is 0 Å². The highest BCUT2D eigenvalue weighted by atomic mass is 16.5. The van der Waals surface area contributed by atoms with Crippen LogP contribution in [0.15, 0.2) is 34.9 Å². The van der Waals surface area contributed by atoms with Gasteiger partial charge in [0.1, 0.15) is 6.10 Å². The van der Waals surface area contributed by atoms with Gasteiger partial charge in [-0.25, -0.2) is 0 Å². The van der Waals surface area contributed by atoms with E-state index in [4.69, 9.17) is 9.26 Å². The summed E-state index contributed by atoms with van der Waals surface area (Å²) in [5.74, 6) is 1.63. The van der Waals surface area contributed by atoms with Crippen LogP contribution in [0, 0.1) is 0 Å². The summed E-state index contributed by atoms with van der Waals surface area (Å²) < 4.78 is 10.9. The Hall–Kier alpha value is -1.72. The van der Waals surface area contributed by atoms with E-state index in [1.807, 2.05) is 30.3 Å². The highest BCUT2D eigenvalue weighted by Crippen LogP contribution is 2.26. The number of methoxy groups -OCH3 is 1. The van der Waals surface area contributed by atoms with Crippen molar-refractivity contribution < 1.29 is 9.26 Å². The first-order valence-corrected chi connectivity index (χ1v) is 7.00. The zero-order chi connectivity index (χ0) is 13.8. The molecule has 1 N–H and O–H groups in total. The van der Waals surface area contributed by atoms with E-state index in [2.05, 4.69) is 15.5 Å². The summed E-state index contributed by atoms with van der Waals surface area (Å²) in [5.41, 5.74) is 1.03. The first-order valence-electron chi connectivity index (χ1n) is 7.00. The SMILES string of the molecule is COC(c1ccccc1)c1noc([C@H]2CCCNC2)n1. The highest BCUT2D eigenvalue weighted by Gasteiger charge is 2.25. The molecular formula is C15H19N3O2. The molecular weight excluding hydrogens is 254 g/mol. The van der Waals surface area contributed by atoms with Gasteiger partial charge in [-0.2, -0.15) is 4.98 Å². The molecule has 5 heteroatoms. The molecule has 2 atom stereocenters. The Labute approximate surface area is 118 Å². The number of piperidine rings is 1. The average Bonchev–Trinajstić information content (AvgIpc) is 3.00. The quantitative estimate of drug-likeness (QED) is 0.926. The van der Waals surface area contributed by atoms with Crippen LogP contribution < -0.4 is 5.32 Å². The van der Waals surface area contributed by atoms with Gasteiger partial charge in [-0.05, 0) is 24.9 Å². The second-order valence-electron chi connectivity index (χ2n) is 5.06. The van der Waals surface area contributed by atoms with Crippen LogP contribution in [0.25, 0.3) is 0 Å². The molecule has 1 fully saturated rings. The van der Waals surface area contributed by atoms with Crippen molar-refractivity contribution in [3.8, 4) is 0 Å². The van der Waals surface area contributed by atoms with Crippen LogP contribution in [-0.2, 0) is 4.74 Å². The van der Waals surface area contributed by atoms with E-state index in [1.165, 1.54) is 0 Å². The third-order valence-electron chi connectivity index (χ3n) is 3.68. The lowest BCUT2D eigenvalue weighted by atomic mass is 10.00. The fourth-order valence-corrected chi connectivity index (χ4v) is 2.60. The predicted octanol–water partition coefficient (Wildman–Crippen LogP) is 2.27. The number of nitrogens with one attached hydrogen (secondary N) is 1. The highest BCUT2D eigenvalue weighted by molar-refractivity contribution is 5.22. The Morgan fingerprint density at radius 1 is 1.35 bits per heavy atom. The molecule has 1 aromatic heterocycles. The molecule has 0 saturated carbocycles. The lowest BCUT2D eigenvalue weighted by molar-refractivity contribution is 0.126. The summed E-state index contributed by atoms with van der Waals surface area (Å²) in [7, 11) is 1.66. The fourth-order valence-electron chi connectivity index (χ4n) is 2.60. The Balaban J connectivity index is 1.81. The van der Waals surface area contributed by atoms with Gasteiger partial charge in [0.25, 0.3) is 0 Å². The summed E-state index contributed by atoms with van der Waals surface area (Å²) in [4.78, 5) is 4.54. The maximum absolute atomic E-state index is 5.52. The fraction of sp³-hybridized carbons (Fsp3) is 0.467. The van der Waals surface area contributed by atoms with Gasteiger partial charge in [0.05, 0.1) is 5.92 Å². The monoisotopic (exact) mass is 273 g/mol. The Kier molecular flexibility index (Phi) is 4.08. The van der Waals surface area contributed by atoms with E-state index in [9.17, 15) is 0 Å². The Morgan fingerprint density at radius 3 is 2.90 bits per heavy atom. The number of aromatic nitrogens is 2. The topological polar surface area (TPSA) is 60.2 Å². The number of nitrogens with zero attached hydrogens (tertiary/aromatic N) is 2. The first kappa shape index (κ1) is 13.3. The van der Waals surface area contributed by atoms with E-state index >= 15 is 0 Å². The number of benzene rings is 1. The predicted molar refractivity (Wildman–Crippen MR) is 74.4 cm³/mol. The molecule has 1 aromatic carbocycles. The van der Waals surface area contributed by atoms with Gasteiger partial charge >= 0.3 is 0 Å². The lowest BCUT2D eigenvalue weighted by Crippen LogP contribution is -2.28. The molecule has 0 aliphatic carbocycles. The number of rotatable bonds is 4. The van der Waals surface area contributed by atoms with Crippen LogP contribution in [-0.4, -0.2) is 30.3 Å². The van der Waals surface area contributed by atoms with E-state index < -0.39 is 0 Å². The molecule has 1 aliphatic rings. The van der Waals surface area contributed by atoms with Crippen molar-refractivity contribution in [1.29, 1.82) is 0 Å². The Morgan fingerprint density at radius 2 is 2.20 bits per heavy atom. The summed E-state index contributed by atoms with van der Waals surface area (Å²) >= 11 is 0. The number of hydrogen-bond acceptors (Lipinski definition) is 5. The number of ether oxygens (including phenoxy) is 1. The third kappa shape index (κ3) is 2.73. The molecule has 0 bridgehead atoms. The molecule has 3 rings (SSSR count). The maximum Gasteiger partial charge on any atom is 0.231 e. The summed E-state index contributed by atoms with van der Waals surface area (Å²) in [6, 6.07) is 9.95. The molecule has 1 saturated heterocycles. The van der Waals surface area contributed by atoms with E-state index in [0.717, 1.165) is 31.5 Å². The molecule has 0 radical (unpaired) electrons. The van der Waals surface area contributed by atoms with E-state index in [-0.39, 0.29) is 6.10 Å². The van der Waals surface area contributed by atoms with Crippen LogP contribution in [0.4, 0.5) is 0 Å². The van der Waals surface area contributed by atoms with Crippen molar-refractivity contribution in [3.05, 3.63) is 47.6 Å². The minimum Gasteiger partial charge on any atom is -0.369 e. The van der Waals surface area contributed by atoms with Crippen molar-refractivity contribution in [1.82, 2.24) is 15.5 Å². The molecule has 2 aromatic rings. The Bertz CT molecular complexity index is 535. The minimum atomic E-state index is -0.273. The van der Waals surface area contributed by atoms with Crippen molar-refractivity contribution in [2.75, 3.05) is 20.2 Å². The molecule has 0 spiro atoms. The lowest BCUT2D eigenvalue weighted by Gasteiger charge is -2.18. The summed E-state index contributed by atoms with van der Waals surface area (Å²) in [6.45, 7) is 1.98. The molecule has 2 heterocycles. The molecule has 1 unspecified atom stereocenters. The van der Waals surface area contributed by atoms with Gasteiger partial charge in [0.15, 0.2) is 0 Å². The van der Waals surface area contributed by atoms with Crippen molar-refractivity contribution in [2.24, 2.45) is 0 Å². The van der Waals surface area contributed by atoms with E-state index in [1.54, 1.807) is 7.11 Å². The second-order valence-corrected chi connectivity index (χ2v) is 5.06. The summed E-state index contributed by atoms with van der Waals surface area (Å²) in [5, 5.41) is 7.46. The first-order chi connectivity index (χ1) is 9.88. The van der Waals surface area contributed by atoms with E-state index in [0.29, 0.717) is 17.6 Å². The standard InChI is InChI=1S/C15H19N3O2/c1-19-13(11-6-3-2-4-7-11)14-17-15(20-18-14)12-8-5-9-16-10-12/h2-4,6-7,12-13,16H,5,8-10H2,1H3/t12-,13?/m0/s1. The third-order valence-corrected chi connectivity index (χ3v) is 3.68. The van der Waals surface area contributed by atoms with Crippen LogP contribution in [0.3, 0.4) is 0 Å². The average molecular weight is 273 g/mol. The maximum atomic E-state index is 5.52. The van der Waals surface area contributed by atoms with Crippen LogP contribution in [0.1, 0.15) is 42.1 Å². The second kappa shape index (κ2) is 6.15. The zero-order valence-corrected chi connectivity index (χ0v) is 11.6. The zero-order valence-electron chi connectivity index (χ0n) is 11.6.